The zero-order chi connectivity index (χ0) is 14.5. The molecule has 1 aliphatic rings. The number of likely N-dealkylation sites (N-methyl/N-ethyl adjacent to an activating group) is 1. The maximum Gasteiger partial charge on any atom is 0.126 e. The van der Waals surface area contributed by atoms with Gasteiger partial charge in [0, 0.05) is 13.1 Å². The number of benzene rings is 1. The van der Waals surface area contributed by atoms with Gasteiger partial charge >= 0.3 is 0 Å². The van der Waals surface area contributed by atoms with Crippen molar-refractivity contribution in [3.63, 3.8) is 0 Å². The quantitative estimate of drug-likeness (QED) is 0.897. The lowest BCUT2D eigenvalue weighted by Gasteiger charge is -2.36. The minimum Gasteiger partial charge on any atom is -0.374 e. The molecule has 1 N–H and O–H groups in total. The van der Waals surface area contributed by atoms with Crippen LogP contribution >= 0.6 is 0 Å². The molecule has 1 heterocycles. The zero-order valence-corrected chi connectivity index (χ0v) is 12.7. The number of halogens is 1. The number of nitrogens with one attached hydrogen (secondary N) is 1. The summed E-state index contributed by atoms with van der Waals surface area (Å²) in [6.45, 7) is 7.52. The number of hydrogen-bond acceptors (Lipinski definition) is 3. The van der Waals surface area contributed by atoms with Crippen LogP contribution in [0, 0.1) is 12.7 Å². The first-order chi connectivity index (χ1) is 9.61. The lowest BCUT2D eigenvalue weighted by atomic mass is 9.98. The Hall–Kier alpha value is -0.970. The Morgan fingerprint density at radius 3 is 2.95 bits per heavy atom. The maximum atomic E-state index is 13.5. The molecule has 0 saturated carbocycles. The lowest BCUT2D eigenvalue weighted by molar-refractivity contribution is -0.0392. The van der Waals surface area contributed by atoms with Gasteiger partial charge in [0.15, 0.2) is 0 Å². The minimum absolute atomic E-state index is 0.116. The molecule has 0 bridgehead atoms. The van der Waals surface area contributed by atoms with Crippen LogP contribution in [-0.4, -0.2) is 44.3 Å². The van der Waals surface area contributed by atoms with Crippen LogP contribution in [0.1, 0.15) is 30.5 Å². The predicted molar refractivity (Wildman–Crippen MR) is 79.4 cm³/mol. The van der Waals surface area contributed by atoms with Crippen LogP contribution in [0.25, 0.3) is 0 Å². The third kappa shape index (κ3) is 3.78. The number of rotatable bonds is 5. The monoisotopic (exact) mass is 280 g/mol. The molecule has 0 radical (unpaired) electrons. The molecule has 1 aromatic rings. The second kappa shape index (κ2) is 7.16. The lowest BCUT2D eigenvalue weighted by Crippen LogP contribution is -2.46. The highest BCUT2D eigenvalue weighted by Crippen LogP contribution is 2.24. The fourth-order valence-corrected chi connectivity index (χ4v) is 2.64. The van der Waals surface area contributed by atoms with Gasteiger partial charge < -0.3 is 15.0 Å². The molecule has 2 unspecified atom stereocenters. The molecular weight excluding hydrogens is 255 g/mol. The summed E-state index contributed by atoms with van der Waals surface area (Å²) in [5.41, 5.74) is 1.80. The molecule has 1 fully saturated rings. The fraction of sp³-hybridized carbons (Fsp3) is 0.625. The first kappa shape index (κ1) is 15.4. The summed E-state index contributed by atoms with van der Waals surface area (Å²) in [6, 6.07) is 5.48. The SMILES string of the molecule is CCCNC(c1ccc(F)c(C)c1)C1CN(C)CCO1. The molecule has 1 aromatic carbocycles. The average molecular weight is 280 g/mol. The van der Waals surface area contributed by atoms with Gasteiger partial charge in [0.1, 0.15) is 5.82 Å². The molecule has 112 valence electrons. The summed E-state index contributed by atoms with van der Waals surface area (Å²) < 4.78 is 19.4. The van der Waals surface area contributed by atoms with Gasteiger partial charge in [0.25, 0.3) is 0 Å². The summed E-state index contributed by atoms with van der Waals surface area (Å²) in [7, 11) is 2.11. The van der Waals surface area contributed by atoms with Crippen molar-refractivity contribution in [1.29, 1.82) is 0 Å². The van der Waals surface area contributed by atoms with Gasteiger partial charge in [-0.3, -0.25) is 0 Å². The maximum absolute atomic E-state index is 13.5. The number of ether oxygens (including phenoxy) is 1. The topological polar surface area (TPSA) is 24.5 Å². The summed E-state index contributed by atoms with van der Waals surface area (Å²) in [5.74, 6) is -0.148. The molecule has 0 amide bonds. The third-order valence-electron chi connectivity index (χ3n) is 3.82. The number of nitrogens with zero attached hydrogens (tertiary/aromatic N) is 1. The third-order valence-corrected chi connectivity index (χ3v) is 3.82. The molecule has 2 rings (SSSR count). The Morgan fingerprint density at radius 1 is 1.50 bits per heavy atom. The van der Waals surface area contributed by atoms with Crippen molar-refractivity contribution in [2.24, 2.45) is 0 Å². The Bertz CT molecular complexity index is 438. The second-order valence-corrected chi connectivity index (χ2v) is 5.61. The van der Waals surface area contributed by atoms with Crippen molar-refractivity contribution < 1.29 is 9.13 Å². The first-order valence-corrected chi connectivity index (χ1v) is 7.41. The van der Waals surface area contributed by atoms with Gasteiger partial charge in [-0.05, 0) is 44.1 Å². The molecule has 0 spiro atoms. The van der Waals surface area contributed by atoms with Crippen molar-refractivity contribution in [1.82, 2.24) is 10.2 Å². The number of morpholine rings is 1. The van der Waals surface area contributed by atoms with Gasteiger partial charge in [0.05, 0.1) is 18.8 Å². The largest absolute Gasteiger partial charge is 0.374 e. The van der Waals surface area contributed by atoms with E-state index in [0.717, 1.165) is 38.2 Å². The number of aryl methyl sites for hydroxylation is 1. The van der Waals surface area contributed by atoms with E-state index in [0.29, 0.717) is 5.56 Å². The molecular formula is C16H25FN2O. The Labute approximate surface area is 121 Å². The van der Waals surface area contributed by atoms with E-state index in [1.54, 1.807) is 6.07 Å². The van der Waals surface area contributed by atoms with Crippen LogP contribution in [0.5, 0.6) is 0 Å². The smallest absolute Gasteiger partial charge is 0.126 e. The number of hydrogen-bond donors (Lipinski definition) is 1. The summed E-state index contributed by atoms with van der Waals surface area (Å²) in [4.78, 5) is 2.28. The van der Waals surface area contributed by atoms with E-state index >= 15 is 0 Å². The van der Waals surface area contributed by atoms with Crippen LogP contribution in [0.4, 0.5) is 4.39 Å². The van der Waals surface area contributed by atoms with Crippen LogP contribution in [0.3, 0.4) is 0 Å². The molecule has 3 nitrogen and oxygen atoms in total. The van der Waals surface area contributed by atoms with Gasteiger partial charge in [-0.15, -0.1) is 0 Å². The van der Waals surface area contributed by atoms with Crippen molar-refractivity contribution >= 4 is 0 Å². The van der Waals surface area contributed by atoms with Crippen molar-refractivity contribution in [3.8, 4) is 0 Å². The van der Waals surface area contributed by atoms with Crippen molar-refractivity contribution in [3.05, 3.63) is 35.1 Å². The van der Waals surface area contributed by atoms with E-state index in [2.05, 4.69) is 24.2 Å². The van der Waals surface area contributed by atoms with Crippen molar-refractivity contribution in [2.75, 3.05) is 33.3 Å². The van der Waals surface area contributed by atoms with E-state index in [9.17, 15) is 4.39 Å². The van der Waals surface area contributed by atoms with Gasteiger partial charge in [-0.2, -0.15) is 0 Å². The highest BCUT2D eigenvalue weighted by atomic mass is 19.1. The second-order valence-electron chi connectivity index (χ2n) is 5.61. The summed E-state index contributed by atoms with van der Waals surface area (Å²) >= 11 is 0. The summed E-state index contributed by atoms with van der Waals surface area (Å²) in [6.07, 6.45) is 1.18. The van der Waals surface area contributed by atoms with Gasteiger partial charge in [0.2, 0.25) is 0 Å². The molecule has 1 saturated heterocycles. The van der Waals surface area contributed by atoms with E-state index in [-0.39, 0.29) is 18.0 Å². The first-order valence-electron chi connectivity index (χ1n) is 7.41. The Kier molecular flexibility index (Phi) is 5.52. The van der Waals surface area contributed by atoms with E-state index in [1.165, 1.54) is 0 Å². The molecule has 0 aliphatic carbocycles. The average Bonchev–Trinajstić information content (AvgIpc) is 2.43. The molecule has 1 aliphatic heterocycles. The van der Waals surface area contributed by atoms with E-state index < -0.39 is 0 Å². The van der Waals surface area contributed by atoms with Crippen LogP contribution in [-0.2, 0) is 4.74 Å². The fourth-order valence-electron chi connectivity index (χ4n) is 2.64. The van der Waals surface area contributed by atoms with Crippen LogP contribution in [0.2, 0.25) is 0 Å². The highest BCUT2D eigenvalue weighted by molar-refractivity contribution is 5.27. The van der Waals surface area contributed by atoms with E-state index in [1.807, 2.05) is 19.1 Å². The molecule has 2 atom stereocenters. The Morgan fingerprint density at radius 2 is 2.30 bits per heavy atom. The Balaban J connectivity index is 2.19. The van der Waals surface area contributed by atoms with Crippen molar-refractivity contribution in [2.45, 2.75) is 32.4 Å². The standard InChI is InChI=1S/C16H25FN2O/c1-4-7-18-16(15-11-19(3)8-9-20-15)13-5-6-14(17)12(2)10-13/h5-6,10,15-16,18H,4,7-9,11H2,1-3H3. The normalized spacial score (nSPS) is 21.9. The van der Waals surface area contributed by atoms with Gasteiger partial charge in [-0.1, -0.05) is 19.1 Å². The zero-order valence-electron chi connectivity index (χ0n) is 12.7. The molecule has 20 heavy (non-hydrogen) atoms. The minimum atomic E-state index is -0.148. The van der Waals surface area contributed by atoms with Gasteiger partial charge in [-0.25, -0.2) is 4.39 Å². The van der Waals surface area contributed by atoms with Crippen LogP contribution < -0.4 is 5.32 Å². The summed E-state index contributed by atoms with van der Waals surface area (Å²) in [5, 5.41) is 3.55. The predicted octanol–water partition coefficient (Wildman–Crippen LogP) is 2.51. The van der Waals surface area contributed by atoms with E-state index in [4.69, 9.17) is 4.74 Å². The van der Waals surface area contributed by atoms with Crippen LogP contribution in [0.15, 0.2) is 18.2 Å². The molecule has 4 heteroatoms. The highest BCUT2D eigenvalue weighted by Gasteiger charge is 2.27. The molecule has 0 aromatic heterocycles.